The van der Waals surface area contributed by atoms with Crippen molar-refractivity contribution in [3.05, 3.63) is 74.9 Å². The SMILES string of the molecule is Cc1cc(Cl)cc(C(=O)NC2CC2)c1NC(=O)c1cc(Cn2nnnc2C(F)F)nn1-c1ncccc1Cl. The van der Waals surface area contributed by atoms with Gasteiger partial charge in [0.1, 0.15) is 5.69 Å². The third-order valence-electron chi connectivity index (χ3n) is 5.69. The Morgan fingerprint density at radius 1 is 1.18 bits per heavy atom. The van der Waals surface area contributed by atoms with Gasteiger partial charge in [0.15, 0.2) is 5.82 Å². The van der Waals surface area contributed by atoms with Gasteiger partial charge in [0.05, 0.1) is 28.5 Å². The fourth-order valence-electron chi connectivity index (χ4n) is 3.75. The molecule has 5 rings (SSSR count). The summed E-state index contributed by atoms with van der Waals surface area (Å²) in [7, 11) is 0. The first kappa shape index (κ1) is 25.7. The molecule has 2 N–H and O–H groups in total. The fraction of sp³-hybridized carbons (Fsp3) is 0.261. The topological polar surface area (TPSA) is 133 Å². The molecule has 0 bridgehead atoms. The molecule has 1 aliphatic carbocycles. The van der Waals surface area contributed by atoms with Crippen LogP contribution in [-0.2, 0) is 6.54 Å². The predicted octanol–water partition coefficient (Wildman–Crippen LogP) is 4.00. The molecule has 196 valence electrons. The maximum atomic E-state index is 13.6. The van der Waals surface area contributed by atoms with Crippen molar-refractivity contribution in [3.8, 4) is 5.82 Å². The van der Waals surface area contributed by atoms with Gasteiger partial charge in [-0.2, -0.15) is 5.10 Å². The van der Waals surface area contributed by atoms with Crippen LogP contribution in [0.5, 0.6) is 0 Å². The maximum Gasteiger partial charge on any atom is 0.298 e. The summed E-state index contributed by atoms with van der Waals surface area (Å²) in [5.74, 6) is -1.53. The number of hydrogen-bond donors (Lipinski definition) is 2. The van der Waals surface area contributed by atoms with Crippen LogP contribution in [0, 0.1) is 6.92 Å². The van der Waals surface area contributed by atoms with E-state index in [1.807, 2.05) is 0 Å². The Morgan fingerprint density at radius 3 is 2.68 bits per heavy atom. The average Bonchev–Trinajstić information content (AvgIpc) is 3.39. The van der Waals surface area contributed by atoms with E-state index in [9.17, 15) is 18.4 Å². The fourth-order valence-corrected chi connectivity index (χ4v) is 4.23. The summed E-state index contributed by atoms with van der Waals surface area (Å²) in [5, 5.41) is 20.8. The van der Waals surface area contributed by atoms with E-state index in [1.54, 1.807) is 25.1 Å². The Balaban J connectivity index is 1.53. The highest BCUT2D eigenvalue weighted by atomic mass is 35.5. The minimum atomic E-state index is -2.91. The van der Waals surface area contributed by atoms with Crippen LogP contribution in [0.3, 0.4) is 0 Å². The summed E-state index contributed by atoms with van der Waals surface area (Å²) >= 11 is 12.5. The Bertz CT molecular complexity index is 1540. The second-order valence-corrected chi connectivity index (χ2v) is 9.43. The van der Waals surface area contributed by atoms with Crippen molar-refractivity contribution in [1.29, 1.82) is 0 Å². The second-order valence-electron chi connectivity index (χ2n) is 8.58. The molecule has 2 amide bonds. The highest BCUT2D eigenvalue weighted by Crippen LogP contribution is 2.29. The van der Waals surface area contributed by atoms with Gasteiger partial charge < -0.3 is 10.6 Å². The Kier molecular flexibility index (Phi) is 7.04. The Morgan fingerprint density at radius 2 is 1.97 bits per heavy atom. The third-order valence-corrected chi connectivity index (χ3v) is 6.21. The summed E-state index contributed by atoms with van der Waals surface area (Å²) in [5.41, 5.74) is 1.19. The van der Waals surface area contributed by atoms with Gasteiger partial charge in [-0.05, 0) is 66.1 Å². The lowest BCUT2D eigenvalue weighted by Crippen LogP contribution is -2.27. The molecular formula is C23H19Cl2F2N9O2. The molecule has 38 heavy (non-hydrogen) atoms. The molecule has 3 heterocycles. The molecule has 4 aromatic rings. The van der Waals surface area contributed by atoms with Gasteiger partial charge in [-0.25, -0.2) is 23.1 Å². The number of aryl methyl sites for hydroxylation is 1. The number of benzene rings is 1. The minimum absolute atomic E-state index is 0.0184. The monoisotopic (exact) mass is 561 g/mol. The molecule has 1 aromatic carbocycles. The minimum Gasteiger partial charge on any atom is -0.349 e. The lowest BCUT2D eigenvalue weighted by Gasteiger charge is -2.15. The number of anilines is 1. The van der Waals surface area contributed by atoms with Crippen LogP contribution in [0.15, 0.2) is 36.5 Å². The number of nitrogens with one attached hydrogen (secondary N) is 2. The van der Waals surface area contributed by atoms with Gasteiger partial charge in [0.25, 0.3) is 18.2 Å². The van der Waals surface area contributed by atoms with E-state index < -0.39 is 18.2 Å². The first-order valence-corrected chi connectivity index (χ1v) is 12.1. The van der Waals surface area contributed by atoms with Gasteiger partial charge >= 0.3 is 0 Å². The molecule has 0 unspecified atom stereocenters. The highest BCUT2D eigenvalue weighted by molar-refractivity contribution is 6.32. The van der Waals surface area contributed by atoms with Gasteiger partial charge in [-0.15, -0.1) is 5.10 Å². The number of nitrogens with zero attached hydrogens (tertiary/aromatic N) is 7. The lowest BCUT2D eigenvalue weighted by molar-refractivity contribution is 0.0951. The van der Waals surface area contributed by atoms with Crippen molar-refractivity contribution in [2.24, 2.45) is 0 Å². The number of hydrogen-bond acceptors (Lipinski definition) is 7. The number of carbonyl (C=O) groups is 2. The molecule has 1 saturated carbocycles. The molecule has 11 nitrogen and oxygen atoms in total. The number of alkyl halides is 2. The molecule has 1 fully saturated rings. The number of carbonyl (C=O) groups excluding carboxylic acids is 2. The van der Waals surface area contributed by atoms with E-state index in [0.29, 0.717) is 10.6 Å². The van der Waals surface area contributed by atoms with Crippen LogP contribution in [-0.4, -0.2) is 52.8 Å². The number of tetrazole rings is 1. The highest BCUT2D eigenvalue weighted by Gasteiger charge is 2.27. The normalized spacial score (nSPS) is 13.1. The van der Waals surface area contributed by atoms with E-state index in [1.165, 1.54) is 23.0 Å². The summed E-state index contributed by atoms with van der Waals surface area (Å²) in [6.45, 7) is 1.46. The van der Waals surface area contributed by atoms with Crippen LogP contribution in [0.4, 0.5) is 14.5 Å². The van der Waals surface area contributed by atoms with Crippen molar-refractivity contribution >= 4 is 40.7 Å². The largest absolute Gasteiger partial charge is 0.349 e. The molecule has 15 heteroatoms. The van der Waals surface area contributed by atoms with Crippen LogP contribution >= 0.6 is 23.2 Å². The predicted molar refractivity (Wildman–Crippen MR) is 133 cm³/mol. The van der Waals surface area contributed by atoms with E-state index in [0.717, 1.165) is 17.5 Å². The third kappa shape index (κ3) is 5.34. The van der Waals surface area contributed by atoms with Gasteiger partial charge in [-0.3, -0.25) is 9.59 Å². The van der Waals surface area contributed by atoms with Crippen molar-refractivity contribution in [3.63, 3.8) is 0 Å². The number of rotatable bonds is 8. The number of halogens is 4. The van der Waals surface area contributed by atoms with Crippen LogP contribution in [0.25, 0.3) is 5.82 Å². The molecular weight excluding hydrogens is 543 g/mol. The summed E-state index contributed by atoms with van der Waals surface area (Å²) in [6.07, 6.45) is 0.320. The first-order chi connectivity index (χ1) is 18.2. The van der Waals surface area contributed by atoms with Crippen molar-refractivity contribution in [2.75, 3.05) is 5.32 Å². The molecule has 0 radical (unpaired) electrons. The molecule has 1 aliphatic rings. The second kappa shape index (κ2) is 10.4. The zero-order valence-electron chi connectivity index (χ0n) is 19.7. The quantitative estimate of drug-likeness (QED) is 0.332. The molecule has 0 spiro atoms. The average molecular weight is 562 g/mol. The van der Waals surface area contributed by atoms with E-state index >= 15 is 0 Å². The molecule has 0 aliphatic heterocycles. The van der Waals surface area contributed by atoms with Crippen molar-refractivity contribution in [2.45, 2.75) is 38.8 Å². The molecule has 3 aromatic heterocycles. The zero-order valence-corrected chi connectivity index (χ0v) is 21.2. The Hall–Kier alpha value is -3.97. The van der Waals surface area contributed by atoms with Crippen LogP contribution < -0.4 is 10.6 Å². The molecule has 0 atom stereocenters. The number of pyridine rings is 1. The smallest absolute Gasteiger partial charge is 0.298 e. The lowest BCUT2D eigenvalue weighted by atomic mass is 10.1. The van der Waals surface area contributed by atoms with E-state index in [4.69, 9.17) is 23.2 Å². The maximum absolute atomic E-state index is 13.6. The van der Waals surface area contributed by atoms with E-state index in [2.05, 4.69) is 36.2 Å². The summed E-state index contributed by atoms with van der Waals surface area (Å²) in [4.78, 5) is 30.7. The van der Waals surface area contributed by atoms with E-state index in [-0.39, 0.29) is 52.0 Å². The summed E-state index contributed by atoms with van der Waals surface area (Å²) < 4.78 is 28.6. The first-order valence-electron chi connectivity index (χ1n) is 11.4. The van der Waals surface area contributed by atoms with Crippen molar-refractivity contribution in [1.82, 2.24) is 40.3 Å². The summed E-state index contributed by atoms with van der Waals surface area (Å²) in [6, 6.07) is 7.73. The molecule has 0 saturated heterocycles. The Labute approximate surface area is 224 Å². The van der Waals surface area contributed by atoms with Gasteiger partial charge in [-0.1, -0.05) is 23.2 Å². The van der Waals surface area contributed by atoms with Gasteiger partial charge in [0, 0.05) is 17.3 Å². The van der Waals surface area contributed by atoms with Crippen LogP contribution in [0.2, 0.25) is 10.0 Å². The zero-order chi connectivity index (χ0) is 27.0. The van der Waals surface area contributed by atoms with Crippen molar-refractivity contribution < 1.29 is 18.4 Å². The van der Waals surface area contributed by atoms with Crippen LogP contribution in [0.1, 0.15) is 57.2 Å². The van der Waals surface area contributed by atoms with Gasteiger partial charge in [0.2, 0.25) is 5.82 Å². The number of aromatic nitrogens is 7. The number of amides is 2. The standard InChI is InChI=1S/C23H19Cl2F2N9O2/c1-11-7-12(24)8-15(22(37)29-13-4-5-13)18(11)30-23(38)17-9-14(10-35-21(19(26)27)31-33-34-35)32-36(17)20-16(25)3-2-6-28-20/h2-3,6-9,13,19H,4-5,10H2,1H3,(H,29,37)(H,30,38).